The van der Waals surface area contributed by atoms with Crippen LogP contribution in [0.15, 0.2) is 29.4 Å². The fourth-order valence-corrected chi connectivity index (χ4v) is 1.82. The van der Waals surface area contributed by atoms with E-state index in [1.165, 1.54) is 0 Å². The molecule has 0 aliphatic carbocycles. The highest BCUT2D eigenvalue weighted by atomic mass is 16.2. The zero-order valence-corrected chi connectivity index (χ0v) is 10.7. The number of nitrogens with two attached hydrogens (primary N) is 1. The third-order valence-electron chi connectivity index (χ3n) is 2.80. The summed E-state index contributed by atoms with van der Waals surface area (Å²) < 4.78 is 0. The van der Waals surface area contributed by atoms with Crippen molar-refractivity contribution in [1.82, 2.24) is 5.43 Å². The highest BCUT2D eigenvalue weighted by Crippen LogP contribution is 2.16. The molecular formula is C13H14N4O3. The predicted molar refractivity (Wildman–Crippen MR) is 72.8 cm³/mol. The highest BCUT2D eigenvalue weighted by molar-refractivity contribution is 6.43. The van der Waals surface area contributed by atoms with Crippen molar-refractivity contribution in [2.24, 2.45) is 10.8 Å². The van der Waals surface area contributed by atoms with E-state index >= 15 is 0 Å². The lowest BCUT2D eigenvalue weighted by molar-refractivity contribution is -0.121. The Labute approximate surface area is 115 Å². The van der Waals surface area contributed by atoms with E-state index in [0.717, 1.165) is 0 Å². The number of rotatable bonds is 4. The van der Waals surface area contributed by atoms with Crippen LogP contribution in [0.4, 0.5) is 5.69 Å². The summed E-state index contributed by atoms with van der Waals surface area (Å²) in [4.78, 5) is 33.9. The standard InChI is InChI=1S/C13H14N4O3/c14-11(18)7-8-3-1-2-4-9(8)15-13(20)10-5-6-12(19)17-16-10/h1-4H,5-7H2,(H2,14,18)(H,15,20)(H,17,19). The van der Waals surface area contributed by atoms with Crippen LogP contribution in [0.5, 0.6) is 0 Å². The quantitative estimate of drug-likeness (QED) is 0.713. The van der Waals surface area contributed by atoms with Gasteiger partial charge < -0.3 is 11.1 Å². The molecule has 0 bridgehead atoms. The number of carbonyl (C=O) groups is 3. The van der Waals surface area contributed by atoms with E-state index in [1.54, 1.807) is 24.3 Å². The first kappa shape index (κ1) is 13.7. The van der Waals surface area contributed by atoms with Crippen LogP contribution in [-0.4, -0.2) is 23.4 Å². The Morgan fingerprint density at radius 3 is 2.70 bits per heavy atom. The van der Waals surface area contributed by atoms with Crippen LogP contribution in [0.3, 0.4) is 0 Å². The molecule has 0 unspecified atom stereocenters. The van der Waals surface area contributed by atoms with Gasteiger partial charge in [0.15, 0.2) is 0 Å². The van der Waals surface area contributed by atoms with Gasteiger partial charge in [-0.25, -0.2) is 5.43 Å². The van der Waals surface area contributed by atoms with Gasteiger partial charge in [-0.3, -0.25) is 14.4 Å². The smallest absolute Gasteiger partial charge is 0.271 e. The van der Waals surface area contributed by atoms with Crippen molar-refractivity contribution in [3.63, 3.8) is 0 Å². The lowest BCUT2D eigenvalue weighted by Gasteiger charge is -2.13. The molecule has 7 nitrogen and oxygen atoms in total. The first-order valence-electron chi connectivity index (χ1n) is 6.09. The minimum absolute atomic E-state index is 0.0413. The number of anilines is 1. The Morgan fingerprint density at radius 1 is 1.30 bits per heavy atom. The van der Waals surface area contributed by atoms with Gasteiger partial charge in [0.1, 0.15) is 5.71 Å². The second kappa shape index (κ2) is 5.96. The maximum Gasteiger partial charge on any atom is 0.271 e. The topological polar surface area (TPSA) is 114 Å². The van der Waals surface area contributed by atoms with Crippen molar-refractivity contribution >= 4 is 29.1 Å². The number of para-hydroxylation sites is 1. The summed E-state index contributed by atoms with van der Waals surface area (Å²) in [5.74, 6) is -1.09. The van der Waals surface area contributed by atoms with Gasteiger partial charge in [0.2, 0.25) is 11.8 Å². The molecule has 1 aromatic rings. The third kappa shape index (κ3) is 3.41. The molecule has 1 heterocycles. The summed E-state index contributed by atoms with van der Waals surface area (Å²) in [6, 6.07) is 6.89. The summed E-state index contributed by atoms with van der Waals surface area (Å²) in [5, 5.41) is 6.38. The number of nitrogens with one attached hydrogen (secondary N) is 2. The van der Waals surface area contributed by atoms with Gasteiger partial charge in [0, 0.05) is 18.5 Å². The summed E-state index contributed by atoms with van der Waals surface area (Å²) in [6.07, 6.45) is 0.560. The second-order valence-electron chi connectivity index (χ2n) is 4.35. The third-order valence-corrected chi connectivity index (χ3v) is 2.80. The number of amides is 3. The Hall–Kier alpha value is -2.70. The van der Waals surface area contributed by atoms with E-state index < -0.39 is 11.8 Å². The van der Waals surface area contributed by atoms with Crippen LogP contribution in [0.1, 0.15) is 18.4 Å². The van der Waals surface area contributed by atoms with Gasteiger partial charge in [0.05, 0.1) is 6.42 Å². The van der Waals surface area contributed by atoms with Crippen molar-refractivity contribution in [2.45, 2.75) is 19.3 Å². The van der Waals surface area contributed by atoms with E-state index in [2.05, 4.69) is 15.8 Å². The normalized spacial score (nSPS) is 14.2. The summed E-state index contributed by atoms with van der Waals surface area (Å²) in [7, 11) is 0. The van der Waals surface area contributed by atoms with Crippen molar-refractivity contribution in [1.29, 1.82) is 0 Å². The predicted octanol–water partition coefficient (Wildman–Crippen LogP) is -0.0811. The fourth-order valence-electron chi connectivity index (χ4n) is 1.82. The zero-order chi connectivity index (χ0) is 14.5. The van der Waals surface area contributed by atoms with Crippen molar-refractivity contribution in [3.8, 4) is 0 Å². The molecule has 3 amide bonds. The molecule has 1 aliphatic heterocycles. The number of primary amides is 1. The molecule has 2 rings (SSSR count). The maximum absolute atomic E-state index is 12.0. The van der Waals surface area contributed by atoms with Crippen LogP contribution in [0.25, 0.3) is 0 Å². The molecule has 0 radical (unpaired) electrons. The molecule has 0 spiro atoms. The number of hydrogen-bond acceptors (Lipinski definition) is 4. The molecule has 0 atom stereocenters. The molecule has 0 saturated heterocycles. The first-order valence-corrected chi connectivity index (χ1v) is 6.09. The minimum atomic E-state index is -0.478. The Kier molecular flexibility index (Phi) is 4.09. The average Bonchev–Trinajstić information content (AvgIpc) is 2.41. The van der Waals surface area contributed by atoms with E-state index in [9.17, 15) is 14.4 Å². The SMILES string of the molecule is NC(=O)Cc1ccccc1NC(=O)C1=NNC(=O)CC1. The van der Waals surface area contributed by atoms with Crippen LogP contribution < -0.4 is 16.5 Å². The molecule has 0 fully saturated rings. The van der Waals surface area contributed by atoms with Gasteiger partial charge >= 0.3 is 0 Å². The average molecular weight is 274 g/mol. The number of hydrogen-bond donors (Lipinski definition) is 3. The zero-order valence-electron chi connectivity index (χ0n) is 10.7. The van der Waals surface area contributed by atoms with E-state index in [1.807, 2.05) is 0 Å². The van der Waals surface area contributed by atoms with E-state index in [-0.39, 0.29) is 30.9 Å². The van der Waals surface area contributed by atoms with Gasteiger partial charge in [0.25, 0.3) is 5.91 Å². The highest BCUT2D eigenvalue weighted by Gasteiger charge is 2.19. The molecule has 0 aromatic heterocycles. The van der Waals surface area contributed by atoms with Crippen LogP contribution in [-0.2, 0) is 20.8 Å². The molecule has 1 aliphatic rings. The summed E-state index contributed by atoms with van der Waals surface area (Å²) in [5.41, 5.74) is 8.81. The summed E-state index contributed by atoms with van der Waals surface area (Å²) >= 11 is 0. The Morgan fingerprint density at radius 2 is 2.05 bits per heavy atom. The second-order valence-corrected chi connectivity index (χ2v) is 4.35. The monoisotopic (exact) mass is 274 g/mol. The number of carbonyl (C=O) groups excluding carboxylic acids is 3. The molecule has 1 aromatic carbocycles. The van der Waals surface area contributed by atoms with E-state index in [0.29, 0.717) is 11.3 Å². The molecule has 0 saturated carbocycles. The van der Waals surface area contributed by atoms with Crippen molar-refractivity contribution in [3.05, 3.63) is 29.8 Å². The van der Waals surface area contributed by atoms with Crippen molar-refractivity contribution in [2.75, 3.05) is 5.32 Å². The van der Waals surface area contributed by atoms with E-state index in [4.69, 9.17) is 5.73 Å². The van der Waals surface area contributed by atoms with Crippen LogP contribution >= 0.6 is 0 Å². The fraction of sp³-hybridized carbons (Fsp3) is 0.231. The molecule has 104 valence electrons. The lowest BCUT2D eigenvalue weighted by atomic mass is 10.1. The molecule has 4 N–H and O–H groups in total. The van der Waals surface area contributed by atoms with Gasteiger partial charge in [-0.1, -0.05) is 18.2 Å². The maximum atomic E-state index is 12.0. The minimum Gasteiger partial charge on any atom is -0.369 e. The van der Waals surface area contributed by atoms with Crippen LogP contribution in [0.2, 0.25) is 0 Å². The van der Waals surface area contributed by atoms with Crippen LogP contribution in [0, 0.1) is 0 Å². The van der Waals surface area contributed by atoms with Gasteiger partial charge in [-0.15, -0.1) is 0 Å². The first-order chi connectivity index (χ1) is 9.56. The number of hydrazone groups is 1. The van der Waals surface area contributed by atoms with Crippen molar-refractivity contribution < 1.29 is 14.4 Å². The summed E-state index contributed by atoms with van der Waals surface area (Å²) in [6.45, 7) is 0. The lowest BCUT2D eigenvalue weighted by Crippen LogP contribution is -2.33. The number of nitrogens with zero attached hydrogens (tertiary/aromatic N) is 1. The molecular weight excluding hydrogens is 260 g/mol. The molecule has 20 heavy (non-hydrogen) atoms. The van der Waals surface area contributed by atoms with Gasteiger partial charge in [-0.2, -0.15) is 5.10 Å². The Balaban J connectivity index is 2.12. The Bertz CT molecular complexity index is 595. The number of benzene rings is 1. The largest absolute Gasteiger partial charge is 0.369 e. The molecule has 7 heteroatoms. The van der Waals surface area contributed by atoms with Gasteiger partial charge in [-0.05, 0) is 11.6 Å².